The predicted molar refractivity (Wildman–Crippen MR) is 60.0 cm³/mol. The minimum Gasteiger partial charge on any atom is -0.298 e. The monoisotopic (exact) mass is 189 g/mol. The first-order valence-electron chi connectivity index (χ1n) is 4.96. The molecule has 2 heteroatoms. The lowest BCUT2D eigenvalue weighted by Gasteiger charge is -2.31. The zero-order valence-electron chi connectivity index (χ0n) is 9.13. The van der Waals surface area contributed by atoms with Crippen molar-refractivity contribution in [3.63, 3.8) is 0 Å². The van der Waals surface area contributed by atoms with Crippen LogP contribution in [-0.2, 0) is 0 Å². The molecular formula is C10H23NS. The highest BCUT2D eigenvalue weighted by atomic mass is 32.2. The van der Waals surface area contributed by atoms with E-state index in [0.29, 0.717) is 6.04 Å². The highest BCUT2D eigenvalue weighted by Gasteiger charge is 2.13. The Morgan fingerprint density at radius 2 is 1.75 bits per heavy atom. The fourth-order valence-electron chi connectivity index (χ4n) is 1.57. The maximum Gasteiger partial charge on any atom is 0.0160 e. The Bertz CT molecular complexity index is 104. The van der Waals surface area contributed by atoms with Gasteiger partial charge in [0.05, 0.1) is 0 Å². The van der Waals surface area contributed by atoms with Crippen LogP contribution in [-0.4, -0.2) is 35.0 Å². The normalized spacial score (nSPS) is 14.2. The smallest absolute Gasteiger partial charge is 0.0160 e. The molecule has 0 bridgehead atoms. The van der Waals surface area contributed by atoms with Crippen molar-refractivity contribution in [2.24, 2.45) is 0 Å². The fourth-order valence-corrected chi connectivity index (χ4v) is 2.34. The van der Waals surface area contributed by atoms with E-state index in [1.807, 2.05) is 11.8 Å². The standard InChI is InChI=1S/C10H23NS/c1-6-11(9(3)4)10(5)8-12-7-2/h9-10H,6-8H2,1-5H3. The summed E-state index contributed by atoms with van der Waals surface area (Å²) in [5.41, 5.74) is 0. The van der Waals surface area contributed by atoms with Crippen LogP contribution in [0.2, 0.25) is 0 Å². The lowest BCUT2D eigenvalue weighted by Crippen LogP contribution is -2.39. The molecule has 0 aromatic heterocycles. The highest BCUT2D eigenvalue weighted by molar-refractivity contribution is 7.99. The van der Waals surface area contributed by atoms with Crippen LogP contribution in [0.3, 0.4) is 0 Å². The molecule has 0 aliphatic carbocycles. The Hall–Kier alpha value is 0.310. The molecule has 0 heterocycles. The number of hydrogen-bond donors (Lipinski definition) is 0. The summed E-state index contributed by atoms with van der Waals surface area (Å²) in [6.07, 6.45) is 0. The van der Waals surface area contributed by atoms with E-state index in [-0.39, 0.29) is 0 Å². The van der Waals surface area contributed by atoms with Crippen molar-refractivity contribution in [3.8, 4) is 0 Å². The first-order valence-corrected chi connectivity index (χ1v) is 6.12. The molecule has 0 rings (SSSR count). The van der Waals surface area contributed by atoms with Gasteiger partial charge in [-0.3, -0.25) is 4.90 Å². The van der Waals surface area contributed by atoms with E-state index in [1.165, 1.54) is 18.1 Å². The van der Waals surface area contributed by atoms with Crippen LogP contribution in [0, 0.1) is 0 Å². The van der Waals surface area contributed by atoms with Gasteiger partial charge in [0.15, 0.2) is 0 Å². The Morgan fingerprint density at radius 3 is 2.08 bits per heavy atom. The van der Waals surface area contributed by atoms with E-state index in [4.69, 9.17) is 0 Å². The number of nitrogens with zero attached hydrogens (tertiary/aromatic N) is 1. The Kier molecular flexibility index (Phi) is 6.96. The third-order valence-electron chi connectivity index (χ3n) is 2.16. The number of rotatable bonds is 6. The van der Waals surface area contributed by atoms with Crippen LogP contribution in [0.4, 0.5) is 0 Å². The summed E-state index contributed by atoms with van der Waals surface area (Å²) in [4.78, 5) is 2.54. The summed E-state index contributed by atoms with van der Waals surface area (Å²) < 4.78 is 0. The summed E-state index contributed by atoms with van der Waals surface area (Å²) in [7, 11) is 0. The molecule has 0 N–H and O–H groups in total. The van der Waals surface area contributed by atoms with E-state index < -0.39 is 0 Å². The summed E-state index contributed by atoms with van der Waals surface area (Å²) in [5, 5.41) is 0. The molecule has 0 aliphatic heterocycles. The van der Waals surface area contributed by atoms with Crippen molar-refractivity contribution in [1.82, 2.24) is 4.90 Å². The van der Waals surface area contributed by atoms with Gasteiger partial charge in [0.25, 0.3) is 0 Å². The van der Waals surface area contributed by atoms with E-state index in [9.17, 15) is 0 Å². The molecule has 1 atom stereocenters. The van der Waals surface area contributed by atoms with Crippen LogP contribution in [0.15, 0.2) is 0 Å². The zero-order chi connectivity index (χ0) is 9.56. The molecule has 0 aliphatic rings. The van der Waals surface area contributed by atoms with Gasteiger partial charge in [-0.25, -0.2) is 0 Å². The predicted octanol–water partition coefficient (Wildman–Crippen LogP) is 2.86. The quantitative estimate of drug-likeness (QED) is 0.632. The Balaban J connectivity index is 3.77. The zero-order valence-corrected chi connectivity index (χ0v) is 9.95. The largest absolute Gasteiger partial charge is 0.298 e. The van der Waals surface area contributed by atoms with Crippen molar-refractivity contribution in [2.75, 3.05) is 18.1 Å². The molecule has 74 valence electrons. The maximum atomic E-state index is 2.54. The van der Waals surface area contributed by atoms with Gasteiger partial charge in [-0.2, -0.15) is 11.8 Å². The van der Waals surface area contributed by atoms with Crippen LogP contribution in [0.25, 0.3) is 0 Å². The molecular weight excluding hydrogens is 166 g/mol. The van der Waals surface area contributed by atoms with Gasteiger partial charge >= 0.3 is 0 Å². The molecule has 0 amide bonds. The number of hydrogen-bond acceptors (Lipinski definition) is 2. The highest BCUT2D eigenvalue weighted by Crippen LogP contribution is 2.10. The van der Waals surface area contributed by atoms with Crippen molar-refractivity contribution in [3.05, 3.63) is 0 Å². The topological polar surface area (TPSA) is 3.24 Å². The van der Waals surface area contributed by atoms with Crippen LogP contribution < -0.4 is 0 Å². The van der Waals surface area contributed by atoms with Gasteiger partial charge in [-0.15, -0.1) is 0 Å². The molecule has 12 heavy (non-hydrogen) atoms. The van der Waals surface area contributed by atoms with Crippen LogP contribution in [0.5, 0.6) is 0 Å². The van der Waals surface area contributed by atoms with Crippen LogP contribution >= 0.6 is 11.8 Å². The summed E-state index contributed by atoms with van der Waals surface area (Å²) >= 11 is 2.04. The van der Waals surface area contributed by atoms with Gasteiger partial charge in [0, 0.05) is 17.8 Å². The third kappa shape index (κ3) is 4.36. The molecule has 0 aromatic carbocycles. The third-order valence-corrected chi connectivity index (χ3v) is 3.28. The van der Waals surface area contributed by atoms with Crippen molar-refractivity contribution >= 4 is 11.8 Å². The molecule has 0 saturated heterocycles. The first kappa shape index (κ1) is 12.3. The van der Waals surface area contributed by atoms with Gasteiger partial charge in [0.1, 0.15) is 0 Å². The van der Waals surface area contributed by atoms with E-state index in [1.54, 1.807) is 0 Å². The average Bonchev–Trinajstić information content (AvgIpc) is 2.01. The second-order valence-corrected chi connectivity index (χ2v) is 4.75. The Labute approximate surface area is 81.9 Å². The van der Waals surface area contributed by atoms with E-state index >= 15 is 0 Å². The molecule has 1 unspecified atom stereocenters. The van der Waals surface area contributed by atoms with Gasteiger partial charge < -0.3 is 0 Å². The minimum absolute atomic E-state index is 0.683. The average molecular weight is 189 g/mol. The lowest BCUT2D eigenvalue weighted by atomic mass is 10.2. The molecule has 0 aromatic rings. The second-order valence-electron chi connectivity index (χ2n) is 3.43. The van der Waals surface area contributed by atoms with Crippen molar-refractivity contribution in [1.29, 1.82) is 0 Å². The van der Waals surface area contributed by atoms with Crippen molar-refractivity contribution < 1.29 is 0 Å². The first-order chi connectivity index (χ1) is 5.63. The summed E-state index contributed by atoms with van der Waals surface area (Å²) in [6.45, 7) is 12.5. The van der Waals surface area contributed by atoms with E-state index in [0.717, 1.165) is 6.04 Å². The minimum atomic E-state index is 0.683. The summed E-state index contributed by atoms with van der Waals surface area (Å²) in [6, 6.07) is 1.41. The molecule has 0 radical (unpaired) electrons. The van der Waals surface area contributed by atoms with Gasteiger partial charge in [0.2, 0.25) is 0 Å². The number of thioether (sulfide) groups is 1. The van der Waals surface area contributed by atoms with Crippen LogP contribution in [0.1, 0.15) is 34.6 Å². The lowest BCUT2D eigenvalue weighted by molar-refractivity contribution is 0.188. The van der Waals surface area contributed by atoms with Gasteiger partial charge in [-0.1, -0.05) is 13.8 Å². The SMILES string of the molecule is CCSCC(C)N(CC)C(C)C. The summed E-state index contributed by atoms with van der Waals surface area (Å²) in [5.74, 6) is 2.50. The van der Waals surface area contributed by atoms with Gasteiger partial charge in [-0.05, 0) is 33.1 Å². The molecule has 1 nitrogen and oxygen atoms in total. The molecule has 0 spiro atoms. The maximum absolute atomic E-state index is 2.54. The van der Waals surface area contributed by atoms with Crippen molar-refractivity contribution in [2.45, 2.75) is 46.7 Å². The molecule has 0 saturated carbocycles. The molecule has 0 fully saturated rings. The fraction of sp³-hybridized carbons (Fsp3) is 1.00. The second kappa shape index (κ2) is 6.79. The Morgan fingerprint density at radius 1 is 1.17 bits per heavy atom. The van der Waals surface area contributed by atoms with E-state index in [2.05, 4.69) is 39.5 Å².